The molecule has 66 valence electrons. The lowest BCUT2D eigenvalue weighted by Gasteiger charge is -2.24. The van der Waals surface area contributed by atoms with Gasteiger partial charge in [-0.05, 0) is 6.08 Å². The predicted octanol–water partition coefficient (Wildman–Crippen LogP) is 0.137. The fourth-order valence-electron chi connectivity index (χ4n) is 0.934. The van der Waals surface area contributed by atoms with Gasteiger partial charge in [-0.1, -0.05) is 17.7 Å². The molecule has 0 saturated heterocycles. The van der Waals surface area contributed by atoms with Gasteiger partial charge in [0.25, 0.3) is 0 Å². The van der Waals surface area contributed by atoms with E-state index in [0.717, 1.165) is 0 Å². The number of aliphatic carboxylic acids is 1. The second kappa shape index (κ2) is 2.80. The molecule has 1 aliphatic rings. The Bertz CT molecular complexity index is 285. The van der Waals surface area contributed by atoms with Crippen molar-refractivity contribution < 1.29 is 9.90 Å². The normalized spacial score (nSPS) is 29.2. The van der Waals surface area contributed by atoms with Gasteiger partial charge in [-0.25, -0.2) is 4.79 Å². The molecule has 0 saturated carbocycles. The highest BCUT2D eigenvalue weighted by atomic mass is 35.5. The number of allylic oxidation sites excluding steroid dienone is 2. The summed E-state index contributed by atoms with van der Waals surface area (Å²) in [6, 6.07) is 0. The van der Waals surface area contributed by atoms with Crippen LogP contribution in [-0.2, 0) is 4.79 Å². The zero-order valence-corrected chi connectivity index (χ0v) is 7.01. The molecule has 5 N–H and O–H groups in total. The van der Waals surface area contributed by atoms with Crippen LogP contribution in [0.4, 0.5) is 0 Å². The summed E-state index contributed by atoms with van der Waals surface area (Å²) >= 11 is 5.62. The zero-order valence-electron chi connectivity index (χ0n) is 6.25. The summed E-state index contributed by atoms with van der Waals surface area (Å²) in [7, 11) is 0. The molecule has 4 nitrogen and oxygen atoms in total. The number of rotatable bonds is 1. The van der Waals surface area contributed by atoms with Gasteiger partial charge in [0.15, 0.2) is 0 Å². The Morgan fingerprint density at radius 1 is 1.75 bits per heavy atom. The maximum Gasteiger partial charge on any atom is 0.328 e. The van der Waals surface area contributed by atoms with Crippen LogP contribution < -0.4 is 11.5 Å². The largest absolute Gasteiger partial charge is 0.480 e. The number of carboxylic acid groups (broad SMARTS) is 1. The van der Waals surface area contributed by atoms with Crippen LogP contribution in [0.25, 0.3) is 0 Å². The van der Waals surface area contributed by atoms with E-state index in [1.54, 1.807) is 0 Å². The van der Waals surface area contributed by atoms with Crippen LogP contribution in [0.5, 0.6) is 0 Å². The maximum absolute atomic E-state index is 10.6. The molecular formula is C7H9ClN2O2. The third-order valence-corrected chi connectivity index (χ3v) is 2.08. The zero-order chi connectivity index (χ0) is 9.35. The molecule has 0 heterocycles. The molecule has 5 heteroatoms. The van der Waals surface area contributed by atoms with Crippen molar-refractivity contribution >= 4 is 17.6 Å². The molecule has 1 unspecified atom stereocenters. The number of hydrogen-bond acceptors (Lipinski definition) is 3. The summed E-state index contributed by atoms with van der Waals surface area (Å²) in [5.41, 5.74) is 9.85. The highest BCUT2D eigenvalue weighted by Crippen LogP contribution is 2.24. The van der Waals surface area contributed by atoms with E-state index >= 15 is 0 Å². The Morgan fingerprint density at radius 3 is 2.75 bits per heavy atom. The van der Waals surface area contributed by atoms with Gasteiger partial charge >= 0.3 is 5.97 Å². The van der Waals surface area contributed by atoms with Crippen LogP contribution in [0.1, 0.15) is 6.42 Å². The van der Waals surface area contributed by atoms with Gasteiger partial charge in [0.1, 0.15) is 5.54 Å². The second-order valence-electron chi connectivity index (χ2n) is 2.73. The van der Waals surface area contributed by atoms with Crippen molar-refractivity contribution in [2.45, 2.75) is 12.0 Å². The van der Waals surface area contributed by atoms with Gasteiger partial charge in [-0.2, -0.15) is 0 Å². The molecule has 0 amide bonds. The van der Waals surface area contributed by atoms with Gasteiger partial charge in [-0.3, -0.25) is 0 Å². The van der Waals surface area contributed by atoms with E-state index in [-0.39, 0.29) is 6.42 Å². The molecular weight excluding hydrogens is 180 g/mol. The molecule has 12 heavy (non-hydrogen) atoms. The molecule has 1 aliphatic carbocycles. The lowest BCUT2D eigenvalue weighted by Crippen LogP contribution is -2.48. The summed E-state index contributed by atoms with van der Waals surface area (Å²) in [5.74, 6) is -1.11. The standard InChI is InChI=1S/C7H9ClN2O2/c8-4-1-2-7(10,6(11)12)3-5(4)9/h1-2H,3,9-10H2,(H,11,12). The van der Waals surface area contributed by atoms with E-state index in [1.165, 1.54) is 12.2 Å². The van der Waals surface area contributed by atoms with Crippen LogP contribution >= 0.6 is 11.6 Å². The van der Waals surface area contributed by atoms with Crippen molar-refractivity contribution in [3.63, 3.8) is 0 Å². The number of carboxylic acids is 1. The summed E-state index contributed by atoms with van der Waals surface area (Å²) in [4.78, 5) is 10.6. The van der Waals surface area contributed by atoms with E-state index in [4.69, 9.17) is 28.2 Å². The highest BCUT2D eigenvalue weighted by Gasteiger charge is 2.34. The minimum absolute atomic E-state index is 0.0532. The Hall–Kier alpha value is -1.00. The highest BCUT2D eigenvalue weighted by molar-refractivity contribution is 6.31. The first-order valence-electron chi connectivity index (χ1n) is 3.31. The van der Waals surface area contributed by atoms with Crippen molar-refractivity contribution in [3.8, 4) is 0 Å². The fourth-order valence-corrected chi connectivity index (χ4v) is 1.06. The Balaban J connectivity index is 2.94. The van der Waals surface area contributed by atoms with Crippen LogP contribution in [-0.4, -0.2) is 16.6 Å². The molecule has 0 bridgehead atoms. The summed E-state index contributed by atoms with van der Waals surface area (Å²) in [6.45, 7) is 0. The lowest BCUT2D eigenvalue weighted by atomic mass is 9.91. The minimum atomic E-state index is -1.40. The van der Waals surface area contributed by atoms with Gasteiger partial charge in [0.2, 0.25) is 0 Å². The fraction of sp³-hybridized carbons (Fsp3) is 0.286. The average Bonchev–Trinajstić information content (AvgIpc) is 1.97. The van der Waals surface area contributed by atoms with Gasteiger partial charge in [0, 0.05) is 12.1 Å². The average molecular weight is 189 g/mol. The van der Waals surface area contributed by atoms with Crippen LogP contribution in [0.3, 0.4) is 0 Å². The van der Waals surface area contributed by atoms with Crippen molar-refractivity contribution in [1.82, 2.24) is 0 Å². The van der Waals surface area contributed by atoms with E-state index in [2.05, 4.69) is 0 Å². The summed E-state index contributed by atoms with van der Waals surface area (Å²) in [5, 5.41) is 9.06. The van der Waals surface area contributed by atoms with Crippen LogP contribution in [0.2, 0.25) is 0 Å². The summed E-state index contributed by atoms with van der Waals surface area (Å²) in [6.07, 6.45) is 2.81. The number of nitrogens with two attached hydrogens (primary N) is 2. The smallest absolute Gasteiger partial charge is 0.328 e. The molecule has 0 aliphatic heterocycles. The molecule has 0 aromatic carbocycles. The number of carbonyl (C=O) groups is 1. The van der Waals surface area contributed by atoms with E-state index in [0.29, 0.717) is 10.7 Å². The Kier molecular flexibility index (Phi) is 2.12. The second-order valence-corrected chi connectivity index (χ2v) is 3.14. The molecule has 0 radical (unpaired) electrons. The monoisotopic (exact) mass is 188 g/mol. The van der Waals surface area contributed by atoms with Crippen molar-refractivity contribution in [2.75, 3.05) is 0 Å². The minimum Gasteiger partial charge on any atom is -0.480 e. The maximum atomic E-state index is 10.6. The summed E-state index contributed by atoms with van der Waals surface area (Å²) < 4.78 is 0. The third-order valence-electron chi connectivity index (χ3n) is 1.71. The first-order valence-corrected chi connectivity index (χ1v) is 3.69. The number of hydrogen-bond donors (Lipinski definition) is 3. The molecule has 0 aromatic rings. The Morgan fingerprint density at radius 2 is 2.33 bits per heavy atom. The van der Waals surface area contributed by atoms with Gasteiger partial charge < -0.3 is 16.6 Å². The van der Waals surface area contributed by atoms with E-state index < -0.39 is 11.5 Å². The van der Waals surface area contributed by atoms with Gasteiger partial charge in [0.05, 0.1) is 5.03 Å². The Labute approximate surface area is 74.5 Å². The quantitative estimate of drug-likeness (QED) is 0.546. The van der Waals surface area contributed by atoms with E-state index in [9.17, 15) is 4.79 Å². The number of halogens is 1. The first kappa shape index (κ1) is 9.09. The first-order chi connectivity index (χ1) is 5.46. The molecule has 0 fully saturated rings. The topological polar surface area (TPSA) is 89.3 Å². The predicted molar refractivity (Wildman–Crippen MR) is 45.4 cm³/mol. The van der Waals surface area contributed by atoms with Gasteiger partial charge in [-0.15, -0.1) is 0 Å². The third kappa shape index (κ3) is 1.44. The van der Waals surface area contributed by atoms with Crippen molar-refractivity contribution in [3.05, 3.63) is 22.9 Å². The molecule has 0 spiro atoms. The molecule has 0 aromatic heterocycles. The van der Waals surface area contributed by atoms with Crippen molar-refractivity contribution in [2.24, 2.45) is 11.5 Å². The van der Waals surface area contributed by atoms with Crippen molar-refractivity contribution in [1.29, 1.82) is 0 Å². The van der Waals surface area contributed by atoms with Crippen LogP contribution in [0, 0.1) is 0 Å². The molecule has 1 atom stereocenters. The van der Waals surface area contributed by atoms with E-state index in [1.807, 2.05) is 0 Å². The molecule has 1 rings (SSSR count). The SMILES string of the molecule is NC1=C(Cl)C=CC(N)(C(=O)O)C1. The lowest BCUT2D eigenvalue weighted by molar-refractivity contribution is -0.141. The van der Waals surface area contributed by atoms with Crippen LogP contribution in [0.15, 0.2) is 22.9 Å².